The molecule has 40 heavy (non-hydrogen) atoms. The average Bonchev–Trinajstić information content (AvgIpc) is 3.19. The van der Waals surface area contributed by atoms with Crippen LogP contribution in [0.4, 0.5) is 0 Å². The maximum absolute atomic E-state index is 13.6. The van der Waals surface area contributed by atoms with Crippen LogP contribution in [0.5, 0.6) is 11.5 Å². The van der Waals surface area contributed by atoms with Crippen LogP contribution < -0.4 is 14.8 Å². The second-order valence-corrected chi connectivity index (χ2v) is 10.6. The molecule has 0 unspecified atom stereocenters. The Balaban J connectivity index is 1.99. The second kappa shape index (κ2) is 11.8. The molecule has 0 aromatic heterocycles. The standard InChI is InChI=1S/C29H36N4O7/c1-8-40-23-11-17-13-33(26(30)18(17)12-19(23)27(37)31-5)14-22(34)16-9-20(28(38)32(6)15-24(35)36)25(39-7)21(10-16)29(2,3)4/h9-12,30H,8,13-15H2,1-7H3,(H,31,37)(H,35,36). The molecular formula is C29H36N4O7. The van der Waals surface area contributed by atoms with Crippen LogP contribution in [0.2, 0.25) is 0 Å². The number of hydrogen-bond acceptors (Lipinski definition) is 7. The number of carboxylic acid groups (broad SMARTS) is 1. The molecule has 214 valence electrons. The van der Waals surface area contributed by atoms with Gasteiger partial charge in [-0.25, -0.2) is 0 Å². The van der Waals surface area contributed by atoms with Crippen LogP contribution in [-0.4, -0.2) is 85.2 Å². The molecule has 0 bridgehead atoms. The molecule has 0 atom stereocenters. The molecule has 11 heteroatoms. The maximum atomic E-state index is 13.6. The number of methoxy groups -OCH3 is 1. The van der Waals surface area contributed by atoms with E-state index in [2.05, 4.69) is 5.32 Å². The van der Waals surface area contributed by atoms with Crippen molar-refractivity contribution in [1.29, 1.82) is 5.41 Å². The number of carbonyl (C=O) groups excluding carboxylic acids is 3. The first-order valence-corrected chi connectivity index (χ1v) is 12.8. The summed E-state index contributed by atoms with van der Waals surface area (Å²) in [5, 5.41) is 20.5. The summed E-state index contributed by atoms with van der Waals surface area (Å²) in [5.74, 6) is -1.66. The summed E-state index contributed by atoms with van der Waals surface area (Å²) in [6, 6.07) is 6.42. The summed E-state index contributed by atoms with van der Waals surface area (Å²) < 4.78 is 11.2. The predicted molar refractivity (Wildman–Crippen MR) is 149 cm³/mol. The van der Waals surface area contributed by atoms with Crippen molar-refractivity contribution < 1.29 is 33.8 Å². The number of fused-ring (bicyclic) bond motifs is 1. The van der Waals surface area contributed by atoms with Gasteiger partial charge in [-0.05, 0) is 42.2 Å². The van der Waals surface area contributed by atoms with E-state index >= 15 is 0 Å². The van der Waals surface area contributed by atoms with Gasteiger partial charge in [-0.1, -0.05) is 20.8 Å². The van der Waals surface area contributed by atoms with Crippen molar-refractivity contribution >= 4 is 29.4 Å². The SMILES string of the molecule is CCOc1cc2c(cc1C(=O)NC)C(=N)N(CC(=O)c1cc(C(=O)N(C)CC(=O)O)c(OC)c(C(C)(C)C)c1)C2. The monoisotopic (exact) mass is 552 g/mol. The van der Waals surface area contributed by atoms with Gasteiger partial charge in [0.2, 0.25) is 0 Å². The molecule has 0 aliphatic carbocycles. The molecule has 0 spiro atoms. The zero-order valence-electron chi connectivity index (χ0n) is 23.9. The van der Waals surface area contributed by atoms with Crippen molar-refractivity contribution in [2.45, 2.75) is 39.7 Å². The summed E-state index contributed by atoms with van der Waals surface area (Å²) in [6.45, 7) is 7.52. The third-order valence-electron chi connectivity index (χ3n) is 6.62. The van der Waals surface area contributed by atoms with Crippen LogP contribution in [0.25, 0.3) is 0 Å². The Morgan fingerprint density at radius 2 is 1.80 bits per heavy atom. The highest BCUT2D eigenvalue weighted by Gasteiger charge is 2.32. The molecule has 1 aliphatic heterocycles. The van der Waals surface area contributed by atoms with E-state index < -0.39 is 23.8 Å². The minimum Gasteiger partial charge on any atom is -0.496 e. The molecule has 2 aromatic rings. The third-order valence-corrected chi connectivity index (χ3v) is 6.62. The molecule has 3 rings (SSSR count). The van der Waals surface area contributed by atoms with Gasteiger partial charge in [-0.3, -0.25) is 24.6 Å². The quantitative estimate of drug-likeness (QED) is 0.381. The molecule has 2 amide bonds. The van der Waals surface area contributed by atoms with E-state index in [0.29, 0.717) is 29.0 Å². The minimum absolute atomic E-state index is 0.0818. The van der Waals surface area contributed by atoms with Crippen LogP contribution in [0, 0.1) is 5.41 Å². The number of amides is 2. The molecule has 0 saturated heterocycles. The summed E-state index contributed by atoms with van der Waals surface area (Å²) in [6.07, 6.45) is 0. The van der Waals surface area contributed by atoms with E-state index in [9.17, 15) is 19.2 Å². The Hall–Kier alpha value is -4.41. The number of rotatable bonds is 10. The number of ether oxygens (including phenoxy) is 2. The summed E-state index contributed by atoms with van der Waals surface area (Å²) in [4.78, 5) is 53.1. The van der Waals surface area contributed by atoms with Crippen molar-refractivity contribution in [1.82, 2.24) is 15.1 Å². The fourth-order valence-electron chi connectivity index (χ4n) is 4.62. The number of ketones is 1. The highest BCUT2D eigenvalue weighted by molar-refractivity contribution is 6.08. The Labute approximate surface area is 233 Å². The number of Topliss-reactive ketones (excluding diaryl/α,β-unsaturated/α-hetero) is 1. The van der Waals surface area contributed by atoms with Crippen LogP contribution in [-0.2, 0) is 16.8 Å². The van der Waals surface area contributed by atoms with E-state index in [1.165, 1.54) is 27.3 Å². The van der Waals surface area contributed by atoms with Crippen LogP contribution in [0.15, 0.2) is 24.3 Å². The predicted octanol–water partition coefficient (Wildman–Crippen LogP) is 2.93. The van der Waals surface area contributed by atoms with Gasteiger partial charge in [0.25, 0.3) is 11.8 Å². The van der Waals surface area contributed by atoms with Crippen molar-refractivity contribution in [3.05, 3.63) is 57.6 Å². The molecule has 1 heterocycles. The number of nitrogens with zero attached hydrogens (tertiary/aromatic N) is 2. The van der Waals surface area contributed by atoms with Crippen LogP contribution in [0.3, 0.4) is 0 Å². The summed E-state index contributed by atoms with van der Waals surface area (Å²) >= 11 is 0. The molecular weight excluding hydrogens is 516 g/mol. The van der Waals surface area contributed by atoms with Gasteiger partial charge in [-0.15, -0.1) is 0 Å². The van der Waals surface area contributed by atoms with E-state index in [4.69, 9.17) is 20.0 Å². The van der Waals surface area contributed by atoms with Gasteiger partial charge in [-0.2, -0.15) is 0 Å². The number of aliphatic carboxylic acids is 1. The number of carboxylic acids is 1. The number of hydrogen-bond donors (Lipinski definition) is 3. The number of amidine groups is 1. The zero-order chi connectivity index (χ0) is 29.9. The molecule has 2 aromatic carbocycles. The molecule has 0 saturated carbocycles. The van der Waals surface area contributed by atoms with Crippen molar-refractivity contribution in [3.63, 3.8) is 0 Å². The molecule has 1 aliphatic rings. The number of nitrogens with one attached hydrogen (secondary N) is 2. The molecule has 0 fully saturated rings. The van der Waals surface area contributed by atoms with E-state index in [0.717, 1.165) is 10.5 Å². The van der Waals surface area contributed by atoms with E-state index in [-0.39, 0.29) is 47.5 Å². The Kier molecular flexibility index (Phi) is 8.87. The van der Waals surface area contributed by atoms with Gasteiger partial charge in [0.1, 0.15) is 23.9 Å². The fourth-order valence-corrected chi connectivity index (χ4v) is 4.62. The van der Waals surface area contributed by atoms with Crippen molar-refractivity contribution in [3.8, 4) is 11.5 Å². The Bertz CT molecular complexity index is 1380. The van der Waals surface area contributed by atoms with Gasteiger partial charge >= 0.3 is 5.97 Å². The van der Waals surface area contributed by atoms with Crippen LogP contribution in [0.1, 0.15) is 75.5 Å². The van der Waals surface area contributed by atoms with Crippen molar-refractivity contribution in [2.75, 3.05) is 40.9 Å². The normalized spacial score (nSPS) is 12.6. The van der Waals surface area contributed by atoms with Gasteiger partial charge in [0.15, 0.2) is 5.78 Å². The van der Waals surface area contributed by atoms with Gasteiger partial charge < -0.3 is 29.7 Å². The number of benzene rings is 2. The number of carbonyl (C=O) groups is 4. The Morgan fingerprint density at radius 1 is 1.12 bits per heavy atom. The zero-order valence-corrected chi connectivity index (χ0v) is 23.9. The van der Waals surface area contributed by atoms with Gasteiger partial charge in [0.05, 0.1) is 31.4 Å². The Morgan fingerprint density at radius 3 is 2.35 bits per heavy atom. The highest BCUT2D eigenvalue weighted by atomic mass is 16.5. The second-order valence-electron chi connectivity index (χ2n) is 10.6. The summed E-state index contributed by atoms with van der Waals surface area (Å²) in [5.41, 5.74) is 2.02. The summed E-state index contributed by atoms with van der Waals surface area (Å²) in [7, 11) is 4.31. The first-order chi connectivity index (χ1) is 18.7. The lowest BCUT2D eigenvalue weighted by Gasteiger charge is -2.26. The first-order valence-electron chi connectivity index (χ1n) is 12.8. The first kappa shape index (κ1) is 30.1. The molecule has 11 nitrogen and oxygen atoms in total. The molecule has 3 N–H and O–H groups in total. The largest absolute Gasteiger partial charge is 0.496 e. The van der Waals surface area contributed by atoms with Crippen LogP contribution >= 0.6 is 0 Å². The van der Waals surface area contributed by atoms with Crippen molar-refractivity contribution in [2.24, 2.45) is 0 Å². The maximum Gasteiger partial charge on any atom is 0.323 e. The lowest BCUT2D eigenvalue weighted by molar-refractivity contribution is -0.137. The minimum atomic E-state index is -1.17. The van der Waals surface area contributed by atoms with E-state index in [1.807, 2.05) is 27.7 Å². The topological polar surface area (TPSA) is 149 Å². The number of likely N-dealkylation sites (N-methyl/N-ethyl adjacent to an activating group) is 1. The fraction of sp³-hybridized carbons (Fsp3) is 0.414. The van der Waals surface area contributed by atoms with E-state index in [1.54, 1.807) is 23.1 Å². The van der Waals surface area contributed by atoms with Gasteiger partial charge in [0, 0.05) is 37.3 Å². The third kappa shape index (κ3) is 6.08. The molecule has 0 radical (unpaired) electrons. The highest BCUT2D eigenvalue weighted by Crippen LogP contribution is 2.36. The smallest absolute Gasteiger partial charge is 0.323 e. The lowest BCUT2D eigenvalue weighted by atomic mass is 9.83. The lowest BCUT2D eigenvalue weighted by Crippen LogP contribution is -2.33. The average molecular weight is 553 g/mol.